The second kappa shape index (κ2) is 3.00. The zero-order chi connectivity index (χ0) is 16.1. The number of rotatable bonds is 0. The molecule has 0 amide bonds. The topological polar surface area (TPSA) is 6.48 Å². The van der Waals surface area contributed by atoms with Crippen molar-refractivity contribution in [1.82, 2.24) is 4.90 Å². The van der Waals surface area contributed by atoms with E-state index in [4.69, 9.17) is 4.11 Å². The van der Waals surface area contributed by atoms with Gasteiger partial charge in [-0.2, -0.15) is 0 Å². The fourth-order valence-electron chi connectivity index (χ4n) is 3.88. The average Bonchev–Trinajstić information content (AvgIpc) is 2.91. The molecule has 2 heteroatoms. The van der Waals surface area contributed by atoms with Crippen LogP contribution >= 0.6 is 0 Å². The molecule has 100 valence electrons. The van der Waals surface area contributed by atoms with Crippen LogP contribution in [0.4, 0.5) is 5.69 Å². The number of anilines is 1. The van der Waals surface area contributed by atoms with Crippen molar-refractivity contribution in [2.45, 2.75) is 45.7 Å². The molecule has 0 fully saturated rings. The Morgan fingerprint density at radius 2 is 2.00 bits per heavy atom. The number of para-hydroxylation sites is 1. The Bertz CT molecular complexity index is 700. The van der Waals surface area contributed by atoms with Crippen LogP contribution in [-0.2, 0) is 11.8 Å². The maximum atomic E-state index is 7.89. The first-order chi connectivity index (χ1) is 10.1. The van der Waals surface area contributed by atoms with E-state index in [9.17, 15) is 0 Å². The van der Waals surface area contributed by atoms with Crippen molar-refractivity contribution < 1.29 is 4.11 Å². The molecule has 0 N–H and O–H groups in total. The van der Waals surface area contributed by atoms with Gasteiger partial charge >= 0.3 is 0 Å². The molecule has 1 atom stereocenters. The summed E-state index contributed by atoms with van der Waals surface area (Å²) in [4.78, 5) is 3.86. The predicted octanol–water partition coefficient (Wildman–Crippen LogP) is 3.48. The highest BCUT2D eigenvalue weighted by molar-refractivity contribution is 5.74. The van der Waals surface area contributed by atoms with Gasteiger partial charge in [0.25, 0.3) is 0 Å². The molecule has 0 spiro atoms. The van der Waals surface area contributed by atoms with Gasteiger partial charge in [0.05, 0.1) is 0 Å². The summed E-state index contributed by atoms with van der Waals surface area (Å²) in [5, 5.41) is 0. The van der Waals surface area contributed by atoms with Crippen molar-refractivity contribution in [1.29, 1.82) is 0 Å². The monoisotopic (exact) mass is 257 g/mol. The second-order valence-corrected chi connectivity index (χ2v) is 7.04. The first kappa shape index (κ1) is 8.68. The van der Waals surface area contributed by atoms with Crippen LogP contribution in [0.1, 0.15) is 42.9 Å². The minimum absolute atomic E-state index is 0.0414. The molecule has 3 aliphatic heterocycles. The molecular weight excluding hydrogens is 232 g/mol. The zero-order valence-corrected chi connectivity index (χ0v) is 12.0. The van der Waals surface area contributed by atoms with Gasteiger partial charge in [0, 0.05) is 45.9 Å². The average molecular weight is 257 g/mol. The molecule has 0 saturated carbocycles. The lowest BCUT2D eigenvalue weighted by Gasteiger charge is -2.51. The van der Waals surface area contributed by atoms with Gasteiger partial charge in [-0.05, 0) is 11.1 Å². The van der Waals surface area contributed by atoms with E-state index < -0.39 is 6.98 Å². The van der Waals surface area contributed by atoms with E-state index in [-0.39, 0.29) is 17.0 Å². The second-order valence-electron chi connectivity index (χ2n) is 7.04. The number of hydrogen-bond acceptors (Lipinski definition) is 2. The van der Waals surface area contributed by atoms with E-state index in [2.05, 4.69) is 50.8 Å². The summed E-state index contributed by atoms with van der Waals surface area (Å²) in [7, 11) is 0. The first-order valence-corrected chi connectivity index (χ1v) is 6.99. The van der Waals surface area contributed by atoms with Gasteiger partial charge in [0.2, 0.25) is 0 Å². The number of allylic oxidation sites excluding steroid dienone is 1. The molecule has 0 aromatic heterocycles. The number of hydrogen-bond donors (Lipinski definition) is 0. The SMILES string of the molecule is [2H]C([2H])([2H])N1C=C2N3c4c(cccc4C(C)(C)C2(C)C)CC31. The van der Waals surface area contributed by atoms with Crippen LogP contribution in [0.25, 0.3) is 0 Å². The van der Waals surface area contributed by atoms with E-state index in [0.29, 0.717) is 0 Å². The van der Waals surface area contributed by atoms with E-state index in [1.54, 1.807) is 4.90 Å². The first-order valence-electron chi connectivity index (χ1n) is 8.49. The van der Waals surface area contributed by atoms with Gasteiger partial charge in [0.15, 0.2) is 0 Å². The summed E-state index contributed by atoms with van der Waals surface area (Å²) in [6.07, 6.45) is 2.56. The smallest absolute Gasteiger partial charge is 0.109 e. The minimum atomic E-state index is -2.10. The molecule has 19 heavy (non-hydrogen) atoms. The van der Waals surface area contributed by atoms with Crippen LogP contribution in [0.15, 0.2) is 30.1 Å². The quantitative estimate of drug-likeness (QED) is 0.702. The molecule has 0 aliphatic carbocycles. The number of likely N-dealkylation sites (N-methyl/N-ethyl adjacent to an activating group) is 1. The third-order valence-electron chi connectivity index (χ3n) is 5.78. The molecule has 1 unspecified atom stereocenters. The van der Waals surface area contributed by atoms with Crippen molar-refractivity contribution in [2.75, 3.05) is 11.9 Å². The fourth-order valence-corrected chi connectivity index (χ4v) is 3.88. The van der Waals surface area contributed by atoms with Gasteiger partial charge in [-0.15, -0.1) is 0 Å². The normalized spacial score (nSPS) is 31.5. The Balaban J connectivity index is 2.02. The Kier molecular flexibility index (Phi) is 1.37. The van der Waals surface area contributed by atoms with Gasteiger partial charge in [-0.25, -0.2) is 0 Å². The van der Waals surface area contributed by atoms with Gasteiger partial charge < -0.3 is 9.80 Å². The summed E-state index contributed by atoms with van der Waals surface area (Å²) < 4.78 is 23.7. The fraction of sp³-hybridized carbons (Fsp3) is 0.529. The van der Waals surface area contributed by atoms with Crippen molar-refractivity contribution in [3.63, 3.8) is 0 Å². The van der Waals surface area contributed by atoms with Gasteiger partial charge in [-0.1, -0.05) is 45.9 Å². The summed E-state index contributed by atoms with van der Waals surface area (Å²) in [6, 6.07) is 6.46. The van der Waals surface area contributed by atoms with E-state index in [1.807, 2.05) is 6.20 Å². The lowest BCUT2D eigenvalue weighted by molar-refractivity contribution is 0.233. The molecule has 3 heterocycles. The van der Waals surface area contributed by atoms with Crippen molar-refractivity contribution >= 4 is 5.69 Å². The summed E-state index contributed by atoms with van der Waals surface area (Å²) in [5.41, 5.74) is 4.82. The van der Waals surface area contributed by atoms with Crippen LogP contribution in [0.5, 0.6) is 0 Å². The van der Waals surface area contributed by atoms with Crippen LogP contribution < -0.4 is 4.90 Å². The molecule has 1 aromatic rings. The zero-order valence-electron chi connectivity index (χ0n) is 15.0. The largest absolute Gasteiger partial charge is 0.358 e. The minimum Gasteiger partial charge on any atom is -0.358 e. The Morgan fingerprint density at radius 3 is 2.74 bits per heavy atom. The summed E-state index contributed by atoms with van der Waals surface area (Å²) in [6.45, 7) is 6.90. The van der Waals surface area contributed by atoms with Crippen molar-refractivity contribution in [2.24, 2.45) is 5.41 Å². The Morgan fingerprint density at radius 1 is 1.21 bits per heavy atom. The Labute approximate surface area is 119 Å². The maximum absolute atomic E-state index is 7.89. The number of benzene rings is 1. The highest BCUT2D eigenvalue weighted by Crippen LogP contribution is 2.60. The maximum Gasteiger partial charge on any atom is 0.109 e. The predicted molar refractivity (Wildman–Crippen MR) is 79.1 cm³/mol. The lowest BCUT2D eigenvalue weighted by atomic mass is 9.60. The molecular formula is C17H22N2. The van der Waals surface area contributed by atoms with Gasteiger partial charge in [-0.3, -0.25) is 0 Å². The van der Waals surface area contributed by atoms with E-state index in [0.717, 1.165) is 12.1 Å². The third-order valence-corrected chi connectivity index (χ3v) is 5.78. The molecule has 0 bridgehead atoms. The molecule has 0 saturated heterocycles. The van der Waals surface area contributed by atoms with Crippen LogP contribution in [0.3, 0.4) is 0 Å². The van der Waals surface area contributed by atoms with Crippen molar-refractivity contribution in [3.05, 3.63) is 41.2 Å². The highest BCUT2D eigenvalue weighted by atomic mass is 15.4. The standard InChI is InChI=1S/C17H22N2/c1-16(2)12-8-6-7-11-9-14-18(5)10-13(17(16,3)4)19(14)15(11)12/h6-8,10,14H,9H2,1-5H3/i5D3. The van der Waals surface area contributed by atoms with Crippen LogP contribution in [-0.4, -0.2) is 18.0 Å². The van der Waals surface area contributed by atoms with Crippen LogP contribution in [0.2, 0.25) is 0 Å². The number of nitrogens with zero attached hydrogens (tertiary/aromatic N) is 2. The highest BCUT2D eigenvalue weighted by Gasteiger charge is 2.55. The Hall–Kier alpha value is -1.44. The van der Waals surface area contributed by atoms with Crippen molar-refractivity contribution in [3.8, 4) is 0 Å². The molecule has 4 rings (SSSR count). The lowest BCUT2D eigenvalue weighted by Crippen LogP contribution is -2.49. The summed E-state index contributed by atoms with van der Waals surface area (Å²) in [5.74, 6) is 0. The molecule has 3 aliphatic rings. The molecule has 1 aromatic carbocycles. The van der Waals surface area contributed by atoms with Crippen LogP contribution in [0, 0.1) is 5.41 Å². The molecule has 0 radical (unpaired) electrons. The molecule has 2 nitrogen and oxygen atoms in total. The van der Waals surface area contributed by atoms with Gasteiger partial charge in [0.1, 0.15) is 6.17 Å². The van der Waals surface area contributed by atoms with E-state index in [1.165, 1.54) is 16.8 Å². The third kappa shape index (κ3) is 1.06. The summed E-state index contributed by atoms with van der Waals surface area (Å²) >= 11 is 0. The van der Waals surface area contributed by atoms with E-state index >= 15 is 0 Å².